The van der Waals surface area contributed by atoms with E-state index in [1.165, 1.54) is 12.4 Å². The molecular weight excluding hydrogens is 292 g/mol. The summed E-state index contributed by atoms with van der Waals surface area (Å²) < 4.78 is 0. The Morgan fingerprint density at radius 3 is 2.91 bits per heavy atom. The number of anilines is 2. The molecule has 3 rings (SSSR count). The Bertz CT molecular complexity index is 704. The number of nitrogen functional groups attached to an aromatic ring is 1. The van der Waals surface area contributed by atoms with Gasteiger partial charge >= 0.3 is 0 Å². The molecule has 1 unspecified atom stereocenters. The third-order valence-electron chi connectivity index (χ3n) is 4.03. The van der Waals surface area contributed by atoms with E-state index in [0.29, 0.717) is 0 Å². The van der Waals surface area contributed by atoms with Crippen LogP contribution in [0.15, 0.2) is 30.9 Å². The van der Waals surface area contributed by atoms with Crippen molar-refractivity contribution in [3.63, 3.8) is 0 Å². The maximum absolute atomic E-state index is 12.5. The molecule has 1 aliphatic heterocycles. The van der Waals surface area contributed by atoms with Gasteiger partial charge in [-0.3, -0.25) is 9.78 Å². The molecule has 0 amide bonds. The van der Waals surface area contributed by atoms with Crippen LogP contribution in [0.4, 0.5) is 11.5 Å². The fraction of sp³-hybridized carbons (Fsp3) is 0.375. The molecule has 0 bridgehead atoms. The Hall–Kier alpha value is -2.54. The van der Waals surface area contributed by atoms with Gasteiger partial charge in [0.15, 0.2) is 11.6 Å². The number of carbonyl (C=O) groups excluding carboxylic acids is 1. The van der Waals surface area contributed by atoms with Crippen LogP contribution in [0, 0.1) is 0 Å². The first-order valence-corrected chi connectivity index (χ1v) is 7.68. The number of nitrogens with two attached hydrogens (primary N) is 2. The summed E-state index contributed by atoms with van der Waals surface area (Å²) in [6.07, 6.45) is 8.71. The van der Waals surface area contributed by atoms with E-state index in [9.17, 15) is 4.79 Å². The summed E-state index contributed by atoms with van der Waals surface area (Å²) in [7, 11) is 0. The summed E-state index contributed by atoms with van der Waals surface area (Å²) in [5, 5.41) is 0. The molecule has 3 heterocycles. The van der Waals surface area contributed by atoms with Crippen LogP contribution in [-0.2, 0) is 6.42 Å². The van der Waals surface area contributed by atoms with Gasteiger partial charge in [0.1, 0.15) is 5.69 Å². The minimum atomic E-state index is -0.149. The second-order valence-electron chi connectivity index (χ2n) is 5.74. The molecule has 4 N–H and O–H groups in total. The molecule has 7 nitrogen and oxygen atoms in total. The van der Waals surface area contributed by atoms with Crippen molar-refractivity contribution in [3.8, 4) is 0 Å². The normalized spacial score (nSPS) is 18.0. The van der Waals surface area contributed by atoms with Gasteiger partial charge in [0.25, 0.3) is 0 Å². The molecule has 1 aliphatic rings. The lowest BCUT2D eigenvalue weighted by Crippen LogP contribution is -2.43. The quantitative estimate of drug-likeness (QED) is 0.803. The zero-order chi connectivity index (χ0) is 16.2. The van der Waals surface area contributed by atoms with Crippen LogP contribution in [0.25, 0.3) is 0 Å². The highest BCUT2D eigenvalue weighted by molar-refractivity contribution is 5.99. The summed E-state index contributed by atoms with van der Waals surface area (Å²) in [5.41, 5.74) is 13.9. The molecule has 0 saturated carbocycles. The highest BCUT2D eigenvalue weighted by Crippen LogP contribution is 2.24. The van der Waals surface area contributed by atoms with Crippen LogP contribution in [0.3, 0.4) is 0 Å². The van der Waals surface area contributed by atoms with E-state index in [0.717, 1.165) is 37.2 Å². The van der Waals surface area contributed by atoms with Gasteiger partial charge in [0, 0.05) is 44.1 Å². The third-order valence-corrected chi connectivity index (χ3v) is 4.03. The molecule has 0 aromatic carbocycles. The average molecular weight is 312 g/mol. The lowest BCUT2D eigenvalue weighted by Gasteiger charge is -2.33. The first kappa shape index (κ1) is 15.4. The average Bonchev–Trinajstić information content (AvgIpc) is 2.55. The summed E-state index contributed by atoms with van der Waals surface area (Å²) in [6, 6.07) is 2.02. The summed E-state index contributed by atoms with van der Waals surface area (Å²) in [5.74, 6) is 0.0115. The van der Waals surface area contributed by atoms with Gasteiger partial charge in [-0.05, 0) is 24.5 Å². The molecule has 0 radical (unpaired) electrons. The fourth-order valence-corrected chi connectivity index (χ4v) is 2.90. The SMILES string of the molecule is Nc1nccnc1C(=O)Cc1ccncc1N1CCCC(N)C1. The Morgan fingerprint density at radius 2 is 2.13 bits per heavy atom. The van der Waals surface area contributed by atoms with Crippen molar-refractivity contribution >= 4 is 17.3 Å². The highest BCUT2D eigenvalue weighted by atomic mass is 16.1. The van der Waals surface area contributed by atoms with Crippen molar-refractivity contribution in [3.05, 3.63) is 42.1 Å². The topological polar surface area (TPSA) is 111 Å². The molecule has 23 heavy (non-hydrogen) atoms. The largest absolute Gasteiger partial charge is 0.382 e. The number of rotatable bonds is 4. The Kier molecular flexibility index (Phi) is 4.47. The van der Waals surface area contributed by atoms with Crippen molar-refractivity contribution in [1.82, 2.24) is 15.0 Å². The standard InChI is InChI=1S/C16H20N6O/c17-12-2-1-7-22(10-12)13-9-19-4-3-11(13)8-14(23)15-16(18)21-6-5-20-15/h3-6,9,12H,1-2,7-8,10,17H2,(H2,18,21). The van der Waals surface area contributed by atoms with Crippen molar-refractivity contribution < 1.29 is 4.79 Å². The van der Waals surface area contributed by atoms with Gasteiger partial charge in [-0.2, -0.15) is 0 Å². The maximum atomic E-state index is 12.5. The lowest BCUT2D eigenvalue weighted by atomic mass is 10.0. The molecule has 0 aliphatic carbocycles. The molecule has 2 aromatic rings. The van der Waals surface area contributed by atoms with E-state index in [1.807, 2.05) is 6.07 Å². The van der Waals surface area contributed by atoms with Gasteiger partial charge in [-0.1, -0.05) is 0 Å². The highest BCUT2D eigenvalue weighted by Gasteiger charge is 2.21. The first-order chi connectivity index (χ1) is 11.1. The minimum Gasteiger partial charge on any atom is -0.382 e. The number of hydrogen-bond acceptors (Lipinski definition) is 7. The number of piperidine rings is 1. The van der Waals surface area contributed by atoms with Crippen LogP contribution < -0.4 is 16.4 Å². The number of Topliss-reactive ketones (excluding diaryl/α,β-unsaturated/α-hetero) is 1. The Labute approximate surface area is 134 Å². The smallest absolute Gasteiger partial charge is 0.189 e. The summed E-state index contributed by atoms with van der Waals surface area (Å²) in [6.45, 7) is 1.70. The van der Waals surface area contributed by atoms with Crippen molar-refractivity contribution in [2.75, 3.05) is 23.7 Å². The number of nitrogens with zero attached hydrogens (tertiary/aromatic N) is 4. The molecule has 2 aromatic heterocycles. The number of ketones is 1. The third kappa shape index (κ3) is 3.45. The predicted molar refractivity (Wildman–Crippen MR) is 88.1 cm³/mol. The number of pyridine rings is 1. The van der Waals surface area contributed by atoms with Gasteiger partial charge in [-0.25, -0.2) is 9.97 Å². The van der Waals surface area contributed by atoms with Crippen LogP contribution in [0.1, 0.15) is 28.9 Å². The van der Waals surface area contributed by atoms with Crippen molar-refractivity contribution in [2.24, 2.45) is 5.73 Å². The molecule has 7 heteroatoms. The molecule has 120 valence electrons. The van der Waals surface area contributed by atoms with Gasteiger partial charge < -0.3 is 16.4 Å². The van der Waals surface area contributed by atoms with E-state index in [1.54, 1.807) is 12.4 Å². The Balaban J connectivity index is 1.83. The van der Waals surface area contributed by atoms with Crippen LogP contribution in [0.5, 0.6) is 0 Å². The molecule has 1 fully saturated rings. The van der Waals surface area contributed by atoms with E-state index in [4.69, 9.17) is 11.5 Å². The van der Waals surface area contributed by atoms with E-state index < -0.39 is 0 Å². The summed E-state index contributed by atoms with van der Waals surface area (Å²) in [4.78, 5) is 26.8. The number of aromatic nitrogens is 3. The van der Waals surface area contributed by atoms with Crippen LogP contribution in [-0.4, -0.2) is 39.9 Å². The van der Waals surface area contributed by atoms with E-state index in [2.05, 4.69) is 19.9 Å². The molecular formula is C16H20N6O. The predicted octanol–water partition coefficient (Wildman–Crippen LogP) is 0.807. The molecule has 0 spiro atoms. The molecule has 1 saturated heterocycles. The van der Waals surface area contributed by atoms with Crippen molar-refractivity contribution in [2.45, 2.75) is 25.3 Å². The number of hydrogen-bond donors (Lipinski definition) is 2. The number of carbonyl (C=O) groups is 1. The van der Waals surface area contributed by atoms with Crippen LogP contribution >= 0.6 is 0 Å². The zero-order valence-electron chi connectivity index (χ0n) is 12.9. The van der Waals surface area contributed by atoms with Gasteiger partial charge in [-0.15, -0.1) is 0 Å². The first-order valence-electron chi connectivity index (χ1n) is 7.68. The van der Waals surface area contributed by atoms with Crippen molar-refractivity contribution in [1.29, 1.82) is 0 Å². The zero-order valence-corrected chi connectivity index (χ0v) is 12.9. The van der Waals surface area contributed by atoms with E-state index >= 15 is 0 Å². The molecule has 1 atom stereocenters. The van der Waals surface area contributed by atoms with E-state index in [-0.39, 0.29) is 29.8 Å². The fourth-order valence-electron chi connectivity index (χ4n) is 2.90. The van der Waals surface area contributed by atoms with Crippen LogP contribution in [0.2, 0.25) is 0 Å². The minimum absolute atomic E-state index is 0.149. The van der Waals surface area contributed by atoms with Gasteiger partial charge in [0.2, 0.25) is 0 Å². The maximum Gasteiger partial charge on any atom is 0.189 e. The Morgan fingerprint density at radius 1 is 1.30 bits per heavy atom. The second kappa shape index (κ2) is 6.70. The second-order valence-corrected chi connectivity index (χ2v) is 5.74. The monoisotopic (exact) mass is 312 g/mol. The summed E-state index contributed by atoms with van der Waals surface area (Å²) >= 11 is 0. The lowest BCUT2D eigenvalue weighted by molar-refractivity contribution is 0.0989. The van der Waals surface area contributed by atoms with Gasteiger partial charge in [0.05, 0.1) is 11.9 Å².